The van der Waals surface area contributed by atoms with Gasteiger partial charge in [-0.05, 0) is 30.3 Å². The van der Waals surface area contributed by atoms with Crippen molar-refractivity contribution >= 4 is 50.7 Å². The van der Waals surface area contributed by atoms with Crippen LogP contribution in [0.3, 0.4) is 0 Å². The Morgan fingerprint density at radius 3 is 2.30 bits per heavy atom. The molecule has 2 rings (SSSR count). The number of phenols is 2. The monoisotopic (exact) mass is 375 g/mol. The summed E-state index contributed by atoms with van der Waals surface area (Å²) in [5.41, 5.74) is 0.143. The van der Waals surface area contributed by atoms with Gasteiger partial charge in [0.1, 0.15) is 11.5 Å². The van der Waals surface area contributed by atoms with Gasteiger partial charge in [-0.15, -0.1) is 0 Å². The van der Waals surface area contributed by atoms with Crippen LogP contribution in [0.15, 0.2) is 34.8 Å². The summed E-state index contributed by atoms with van der Waals surface area (Å²) < 4.78 is 0.672. The second-order valence-electron chi connectivity index (χ2n) is 3.90. The molecule has 0 spiro atoms. The maximum absolute atomic E-state index is 12.1. The second-order valence-corrected chi connectivity index (χ2v) is 5.63. The summed E-state index contributed by atoms with van der Waals surface area (Å²) in [6.45, 7) is 0. The van der Waals surface area contributed by atoms with Gasteiger partial charge in [0.15, 0.2) is 0 Å². The minimum absolute atomic E-state index is 0.0833. The van der Waals surface area contributed by atoms with Crippen molar-refractivity contribution in [3.05, 3.63) is 50.4 Å². The summed E-state index contributed by atoms with van der Waals surface area (Å²) in [6.07, 6.45) is 0. The molecular weight excluding hydrogens is 369 g/mol. The summed E-state index contributed by atoms with van der Waals surface area (Å²) in [6, 6.07) is 6.78. The van der Waals surface area contributed by atoms with E-state index in [-0.39, 0.29) is 32.8 Å². The number of hydrogen-bond acceptors (Lipinski definition) is 3. The number of rotatable bonds is 2. The Balaban J connectivity index is 2.35. The number of carbonyl (C=O) groups excluding carboxylic acids is 1. The highest BCUT2D eigenvalue weighted by atomic mass is 79.9. The summed E-state index contributed by atoms with van der Waals surface area (Å²) in [5.74, 6) is -1.03. The molecule has 0 radical (unpaired) electrons. The molecule has 0 unspecified atom stereocenters. The highest BCUT2D eigenvalue weighted by molar-refractivity contribution is 9.10. The first-order valence-electron chi connectivity index (χ1n) is 5.36. The van der Waals surface area contributed by atoms with Crippen LogP contribution in [0.1, 0.15) is 10.4 Å². The van der Waals surface area contributed by atoms with Gasteiger partial charge in [0, 0.05) is 4.47 Å². The molecule has 0 atom stereocenters. The fourth-order valence-electron chi connectivity index (χ4n) is 1.55. The van der Waals surface area contributed by atoms with Crippen molar-refractivity contribution in [1.29, 1.82) is 0 Å². The lowest BCUT2D eigenvalue weighted by molar-refractivity contribution is 0.102. The van der Waals surface area contributed by atoms with E-state index in [1.807, 2.05) is 0 Å². The number of anilines is 1. The number of amides is 1. The normalized spacial score (nSPS) is 10.3. The smallest absolute Gasteiger partial charge is 0.259 e. The van der Waals surface area contributed by atoms with E-state index in [9.17, 15) is 15.0 Å². The van der Waals surface area contributed by atoms with Gasteiger partial charge in [-0.2, -0.15) is 0 Å². The zero-order valence-electron chi connectivity index (χ0n) is 9.82. The van der Waals surface area contributed by atoms with Crippen LogP contribution in [0.2, 0.25) is 10.0 Å². The zero-order chi connectivity index (χ0) is 14.9. The summed E-state index contributed by atoms with van der Waals surface area (Å²) in [5, 5.41) is 22.0. The van der Waals surface area contributed by atoms with E-state index in [0.29, 0.717) is 4.47 Å². The molecule has 0 saturated heterocycles. The third-order valence-corrected chi connectivity index (χ3v) is 3.52. The van der Waals surface area contributed by atoms with E-state index in [1.165, 1.54) is 12.1 Å². The SMILES string of the molecule is O=C(Nc1c(Cl)cc(Br)cc1Cl)c1cc(O)ccc1O. The fourth-order valence-corrected chi connectivity index (χ4v) is 2.85. The molecule has 2 aromatic carbocycles. The van der Waals surface area contributed by atoms with Crippen molar-refractivity contribution in [2.24, 2.45) is 0 Å². The third-order valence-electron chi connectivity index (χ3n) is 2.47. The lowest BCUT2D eigenvalue weighted by atomic mass is 10.1. The minimum Gasteiger partial charge on any atom is -0.508 e. The van der Waals surface area contributed by atoms with E-state index in [4.69, 9.17) is 23.2 Å². The summed E-state index contributed by atoms with van der Waals surface area (Å²) in [4.78, 5) is 12.1. The van der Waals surface area contributed by atoms with Crippen LogP contribution in [-0.4, -0.2) is 16.1 Å². The Kier molecular flexibility index (Phi) is 4.42. The van der Waals surface area contributed by atoms with Crippen molar-refractivity contribution in [2.75, 3.05) is 5.32 Å². The van der Waals surface area contributed by atoms with Gasteiger partial charge >= 0.3 is 0 Å². The molecule has 3 N–H and O–H groups in total. The van der Waals surface area contributed by atoms with Crippen LogP contribution in [0.5, 0.6) is 11.5 Å². The van der Waals surface area contributed by atoms with Crippen LogP contribution in [0, 0.1) is 0 Å². The van der Waals surface area contributed by atoms with E-state index in [0.717, 1.165) is 6.07 Å². The molecule has 20 heavy (non-hydrogen) atoms. The molecule has 1 amide bonds. The zero-order valence-corrected chi connectivity index (χ0v) is 12.9. The Labute approximate surface area is 133 Å². The number of hydrogen-bond donors (Lipinski definition) is 3. The molecular formula is C13H8BrCl2NO3. The number of phenolic OH excluding ortho intramolecular Hbond substituents is 2. The Morgan fingerprint density at radius 1 is 1.10 bits per heavy atom. The number of halogens is 3. The average Bonchev–Trinajstić information content (AvgIpc) is 2.36. The van der Waals surface area contributed by atoms with Gasteiger partial charge < -0.3 is 15.5 Å². The molecule has 0 heterocycles. The van der Waals surface area contributed by atoms with Crippen LogP contribution >= 0.6 is 39.1 Å². The predicted octanol–water partition coefficient (Wildman–Crippen LogP) is 4.42. The first-order valence-corrected chi connectivity index (χ1v) is 6.91. The van der Waals surface area contributed by atoms with Crippen LogP contribution in [0.25, 0.3) is 0 Å². The molecule has 0 bridgehead atoms. The number of nitrogens with one attached hydrogen (secondary N) is 1. The van der Waals surface area contributed by atoms with E-state index < -0.39 is 5.91 Å². The van der Waals surface area contributed by atoms with Crippen molar-refractivity contribution in [3.8, 4) is 11.5 Å². The molecule has 7 heteroatoms. The molecule has 0 aliphatic rings. The van der Waals surface area contributed by atoms with Gasteiger partial charge in [0.2, 0.25) is 0 Å². The molecule has 0 aromatic heterocycles. The summed E-state index contributed by atoms with van der Waals surface area (Å²) in [7, 11) is 0. The Morgan fingerprint density at radius 2 is 1.70 bits per heavy atom. The van der Waals surface area contributed by atoms with Gasteiger partial charge in [0.05, 0.1) is 21.3 Å². The Hall–Kier alpha value is -1.43. The maximum atomic E-state index is 12.1. The molecule has 2 aromatic rings. The molecule has 0 aliphatic heterocycles. The lowest BCUT2D eigenvalue weighted by Gasteiger charge is -2.11. The average molecular weight is 377 g/mol. The standard InChI is InChI=1S/C13H8BrCl2NO3/c14-6-3-9(15)12(10(16)4-6)17-13(20)8-5-7(18)1-2-11(8)19/h1-5,18-19H,(H,17,20). The Bertz CT molecular complexity index is 668. The van der Waals surface area contributed by atoms with Crippen molar-refractivity contribution in [2.45, 2.75) is 0 Å². The van der Waals surface area contributed by atoms with Crippen LogP contribution < -0.4 is 5.32 Å². The highest BCUT2D eigenvalue weighted by Crippen LogP contribution is 2.34. The van der Waals surface area contributed by atoms with E-state index >= 15 is 0 Å². The van der Waals surface area contributed by atoms with Crippen molar-refractivity contribution in [1.82, 2.24) is 0 Å². The first kappa shape index (κ1) is 15.0. The van der Waals surface area contributed by atoms with Crippen LogP contribution in [0.4, 0.5) is 5.69 Å². The molecule has 0 saturated carbocycles. The maximum Gasteiger partial charge on any atom is 0.259 e. The number of carbonyl (C=O) groups is 1. The number of benzene rings is 2. The lowest BCUT2D eigenvalue weighted by Crippen LogP contribution is -2.12. The number of aromatic hydroxyl groups is 2. The summed E-state index contributed by atoms with van der Waals surface area (Å²) >= 11 is 15.2. The minimum atomic E-state index is -0.635. The molecule has 0 aliphatic carbocycles. The van der Waals surface area contributed by atoms with Crippen molar-refractivity contribution < 1.29 is 15.0 Å². The molecule has 0 fully saturated rings. The van der Waals surface area contributed by atoms with E-state index in [2.05, 4.69) is 21.2 Å². The molecule has 4 nitrogen and oxygen atoms in total. The van der Waals surface area contributed by atoms with Gasteiger partial charge in [-0.3, -0.25) is 4.79 Å². The molecule has 104 valence electrons. The fraction of sp³-hybridized carbons (Fsp3) is 0. The topological polar surface area (TPSA) is 69.6 Å². The largest absolute Gasteiger partial charge is 0.508 e. The predicted molar refractivity (Wildman–Crippen MR) is 81.9 cm³/mol. The van der Waals surface area contributed by atoms with Gasteiger partial charge in [-0.1, -0.05) is 39.1 Å². The second kappa shape index (κ2) is 5.91. The van der Waals surface area contributed by atoms with E-state index in [1.54, 1.807) is 12.1 Å². The van der Waals surface area contributed by atoms with Crippen LogP contribution in [-0.2, 0) is 0 Å². The van der Waals surface area contributed by atoms with Crippen molar-refractivity contribution in [3.63, 3.8) is 0 Å². The van der Waals surface area contributed by atoms with Gasteiger partial charge in [0.25, 0.3) is 5.91 Å². The third kappa shape index (κ3) is 3.17. The van der Waals surface area contributed by atoms with Gasteiger partial charge in [-0.25, -0.2) is 0 Å². The quantitative estimate of drug-likeness (QED) is 0.679. The highest BCUT2D eigenvalue weighted by Gasteiger charge is 2.16. The first-order chi connectivity index (χ1) is 9.38.